The van der Waals surface area contributed by atoms with Crippen molar-refractivity contribution in [1.29, 1.82) is 0 Å². The van der Waals surface area contributed by atoms with E-state index < -0.39 is 0 Å². The molecule has 6 heteroatoms. The number of rotatable bonds is 16. The SMILES string of the molecule is CC.CC(C)NCCCOCCOCCOCCCNC=O. The minimum atomic E-state index is 0.535. The highest BCUT2D eigenvalue weighted by molar-refractivity contribution is 5.45. The average molecular weight is 320 g/mol. The van der Waals surface area contributed by atoms with E-state index in [1.165, 1.54) is 0 Å². The summed E-state index contributed by atoms with van der Waals surface area (Å²) in [5.74, 6) is 0. The first kappa shape index (κ1) is 23.6. The summed E-state index contributed by atoms with van der Waals surface area (Å²) in [5, 5.41) is 5.92. The van der Waals surface area contributed by atoms with Crippen LogP contribution in [0.1, 0.15) is 40.5 Å². The number of amides is 1. The maximum atomic E-state index is 9.97. The van der Waals surface area contributed by atoms with E-state index in [2.05, 4.69) is 24.5 Å². The molecule has 0 saturated heterocycles. The summed E-state index contributed by atoms with van der Waals surface area (Å²) in [6.07, 6.45) is 2.55. The van der Waals surface area contributed by atoms with Crippen LogP contribution in [0.15, 0.2) is 0 Å². The van der Waals surface area contributed by atoms with E-state index in [9.17, 15) is 4.79 Å². The molecule has 134 valence electrons. The zero-order valence-electron chi connectivity index (χ0n) is 14.9. The predicted octanol–water partition coefficient (Wildman–Crippen LogP) is 1.59. The number of carbonyl (C=O) groups is 1. The van der Waals surface area contributed by atoms with Gasteiger partial charge in [-0.25, -0.2) is 0 Å². The fraction of sp³-hybridized carbons (Fsp3) is 0.938. The van der Waals surface area contributed by atoms with E-state index >= 15 is 0 Å². The minimum Gasteiger partial charge on any atom is -0.379 e. The second-order valence-electron chi connectivity index (χ2n) is 4.73. The highest BCUT2D eigenvalue weighted by Gasteiger charge is 1.94. The third kappa shape index (κ3) is 24.3. The summed E-state index contributed by atoms with van der Waals surface area (Å²) in [6, 6.07) is 0.535. The van der Waals surface area contributed by atoms with Crippen LogP contribution >= 0.6 is 0 Å². The van der Waals surface area contributed by atoms with Crippen molar-refractivity contribution in [3.8, 4) is 0 Å². The molecule has 0 aromatic rings. The molecule has 1 amide bonds. The molecule has 0 atom stereocenters. The van der Waals surface area contributed by atoms with E-state index in [1.807, 2.05) is 13.8 Å². The van der Waals surface area contributed by atoms with Gasteiger partial charge in [0.25, 0.3) is 0 Å². The molecule has 0 fully saturated rings. The second kappa shape index (κ2) is 22.6. The van der Waals surface area contributed by atoms with Gasteiger partial charge in [-0.2, -0.15) is 0 Å². The second-order valence-corrected chi connectivity index (χ2v) is 4.73. The van der Waals surface area contributed by atoms with Crippen molar-refractivity contribution in [3.63, 3.8) is 0 Å². The molecule has 0 unspecified atom stereocenters. The Balaban J connectivity index is 0. The van der Waals surface area contributed by atoms with Gasteiger partial charge in [-0.15, -0.1) is 0 Å². The molecule has 0 saturated carbocycles. The lowest BCUT2D eigenvalue weighted by atomic mass is 10.3. The first-order valence-corrected chi connectivity index (χ1v) is 8.41. The van der Waals surface area contributed by atoms with Gasteiger partial charge in [0, 0.05) is 25.8 Å². The highest BCUT2D eigenvalue weighted by Crippen LogP contribution is 1.86. The van der Waals surface area contributed by atoms with Crippen LogP contribution in [-0.2, 0) is 19.0 Å². The third-order valence-corrected chi connectivity index (χ3v) is 2.46. The first-order chi connectivity index (χ1) is 10.8. The van der Waals surface area contributed by atoms with Crippen molar-refractivity contribution in [3.05, 3.63) is 0 Å². The van der Waals surface area contributed by atoms with E-state index in [1.54, 1.807) is 0 Å². The Hall–Kier alpha value is -0.690. The standard InChI is InChI=1S/C14H30N2O4.C2H6/c1-14(2)16-6-4-8-19-10-12-20-11-9-18-7-3-5-15-13-17;1-2/h13-14,16H,3-12H2,1-2H3,(H,15,17);1-2H3. The van der Waals surface area contributed by atoms with E-state index in [4.69, 9.17) is 14.2 Å². The molecule has 0 aromatic carbocycles. The molecular weight excluding hydrogens is 284 g/mol. The molecule has 0 bridgehead atoms. The Morgan fingerprint density at radius 2 is 1.27 bits per heavy atom. The van der Waals surface area contributed by atoms with Crippen LogP contribution in [0.25, 0.3) is 0 Å². The van der Waals surface area contributed by atoms with Crippen molar-refractivity contribution < 1.29 is 19.0 Å². The van der Waals surface area contributed by atoms with Gasteiger partial charge in [-0.05, 0) is 19.4 Å². The predicted molar refractivity (Wildman–Crippen MR) is 90.2 cm³/mol. The van der Waals surface area contributed by atoms with Gasteiger partial charge in [-0.1, -0.05) is 27.7 Å². The summed E-state index contributed by atoms with van der Waals surface area (Å²) >= 11 is 0. The Kier molecular flexibility index (Phi) is 24.2. The summed E-state index contributed by atoms with van der Waals surface area (Å²) in [6.45, 7) is 13.7. The summed E-state index contributed by atoms with van der Waals surface area (Å²) in [7, 11) is 0. The molecule has 0 aliphatic heterocycles. The molecule has 0 aromatic heterocycles. The van der Waals surface area contributed by atoms with Crippen molar-refractivity contribution in [2.45, 2.75) is 46.6 Å². The topological polar surface area (TPSA) is 68.8 Å². The third-order valence-electron chi connectivity index (χ3n) is 2.46. The molecule has 22 heavy (non-hydrogen) atoms. The van der Waals surface area contributed by atoms with Crippen LogP contribution in [-0.4, -0.2) is 65.2 Å². The van der Waals surface area contributed by atoms with Crippen molar-refractivity contribution in [2.75, 3.05) is 52.7 Å². The number of ether oxygens (including phenoxy) is 3. The number of nitrogens with one attached hydrogen (secondary N) is 2. The van der Waals surface area contributed by atoms with Crippen LogP contribution < -0.4 is 10.6 Å². The van der Waals surface area contributed by atoms with Crippen molar-refractivity contribution in [2.24, 2.45) is 0 Å². The molecular formula is C16H36N2O4. The minimum absolute atomic E-state index is 0.535. The Morgan fingerprint density at radius 3 is 1.73 bits per heavy atom. The summed E-state index contributed by atoms with van der Waals surface area (Å²) in [4.78, 5) is 9.97. The van der Waals surface area contributed by atoms with Gasteiger partial charge in [-0.3, -0.25) is 4.79 Å². The molecule has 0 radical (unpaired) electrons. The normalized spacial score (nSPS) is 10.2. The van der Waals surface area contributed by atoms with Gasteiger partial charge in [0.15, 0.2) is 0 Å². The molecule has 0 heterocycles. The van der Waals surface area contributed by atoms with Crippen LogP contribution in [0, 0.1) is 0 Å². The number of hydrogen-bond acceptors (Lipinski definition) is 5. The van der Waals surface area contributed by atoms with Crippen molar-refractivity contribution in [1.82, 2.24) is 10.6 Å². The molecule has 0 spiro atoms. The zero-order valence-corrected chi connectivity index (χ0v) is 14.9. The summed E-state index contributed by atoms with van der Waals surface area (Å²) < 4.78 is 16.1. The monoisotopic (exact) mass is 320 g/mol. The fourth-order valence-electron chi connectivity index (χ4n) is 1.44. The van der Waals surface area contributed by atoms with Crippen LogP contribution in [0.2, 0.25) is 0 Å². The molecule has 0 rings (SSSR count). The van der Waals surface area contributed by atoms with Crippen molar-refractivity contribution >= 4 is 6.41 Å². The quantitative estimate of drug-likeness (QED) is 0.334. The van der Waals surface area contributed by atoms with Gasteiger partial charge in [0.1, 0.15) is 0 Å². The molecule has 0 aliphatic rings. The van der Waals surface area contributed by atoms with Gasteiger partial charge in [0.05, 0.1) is 26.4 Å². The number of hydrogen-bond donors (Lipinski definition) is 2. The maximum Gasteiger partial charge on any atom is 0.207 e. The Bertz CT molecular complexity index is 205. The lowest BCUT2D eigenvalue weighted by Crippen LogP contribution is -2.24. The lowest BCUT2D eigenvalue weighted by molar-refractivity contribution is -0.109. The number of carbonyl (C=O) groups excluding carboxylic acids is 1. The fourth-order valence-corrected chi connectivity index (χ4v) is 1.44. The van der Waals surface area contributed by atoms with Crippen LogP contribution in [0.3, 0.4) is 0 Å². The van der Waals surface area contributed by atoms with E-state index in [0.717, 1.165) is 26.0 Å². The smallest absolute Gasteiger partial charge is 0.207 e. The largest absolute Gasteiger partial charge is 0.379 e. The zero-order chi connectivity index (χ0) is 16.9. The Morgan fingerprint density at radius 1 is 0.818 bits per heavy atom. The van der Waals surface area contributed by atoms with Gasteiger partial charge < -0.3 is 24.8 Å². The van der Waals surface area contributed by atoms with Crippen LogP contribution in [0.4, 0.5) is 0 Å². The Labute approximate surface area is 136 Å². The van der Waals surface area contributed by atoms with E-state index in [-0.39, 0.29) is 0 Å². The molecule has 0 aliphatic carbocycles. The highest BCUT2D eigenvalue weighted by atomic mass is 16.5. The molecule has 2 N–H and O–H groups in total. The van der Waals surface area contributed by atoms with E-state index in [0.29, 0.717) is 52.0 Å². The maximum absolute atomic E-state index is 9.97. The lowest BCUT2D eigenvalue weighted by Gasteiger charge is -2.08. The first-order valence-electron chi connectivity index (χ1n) is 8.41. The van der Waals surface area contributed by atoms with Gasteiger partial charge >= 0.3 is 0 Å². The van der Waals surface area contributed by atoms with Gasteiger partial charge in [0.2, 0.25) is 6.41 Å². The average Bonchev–Trinajstić information content (AvgIpc) is 2.53. The summed E-state index contributed by atoms with van der Waals surface area (Å²) in [5.41, 5.74) is 0. The van der Waals surface area contributed by atoms with Crippen LogP contribution in [0.5, 0.6) is 0 Å². The molecule has 6 nitrogen and oxygen atoms in total.